The van der Waals surface area contributed by atoms with Crippen LogP contribution in [0.3, 0.4) is 0 Å². The molecule has 0 aliphatic heterocycles. The summed E-state index contributed by atoms with van der Waals surface area (Å²) in [6.07, 6.45) is 3.25. The predicted molar refractivity (Wildman–Crippen MR) is 84.8 cm³/mol. The zero-order valence-corrected chi connectivity index (χ0v) is 12.1. The molecule has 0 aliphatic rings. The van der Waals surface area contributed by atoms with Crippen molar-refractivity contribution in [2.24, 2.45) is 0 Å². The molecular weight excluding hydrogens is 248 g/mol. The maximum absolute atomic E-state index is 12.3. The number of nitrogens with two attached hydrogens (primary N) is 1. The number of benzene rings is 2. The highest BCUT2D eigenvalue weighted by Crippen LogP contribution is 2.22. The first-order chi connectivity index (χ1) is 9.61. The lowest BCUT2D eigenvalue weighted by atomic mass is 10.0. The minimum absolute atomic E-state index is 0.0862. The highest BCUT2D eigenvalue weighted by Gasteiger charge is 2.13. The maximum Gasteiger partial charge on any atom is 0.253 e. The van der Waals surface area contributed by atoms with Crippen LogP contribution in [-0.4, -0.2) is 11.9 Å². The summed E-state index contributed by atoms with van der Waals surface area (Å²) in [5.74, 6) is -0.0862. The van der Waals surface area contributed by atoms with Gasteiger partial charge in [0.25, 0.3) is 5.91 Å². The number of nitrogens with one attached hydrogen (secondary N) is 1. The van der Waals surface area contributed by atoms with E-state index in [1.165, 1.54) is 0 Å². The molecule has 0 saturated heterocycles. The zero-order valence-electron chi connectivity index (χ0n) is 12.1. The molecule has 0 aromatic heterocycles. The van der Waals surface area contributed by atoms with Gasteiger partial charge in [-0.3, -0.25) is 4.79 Å². The molecule has 0 spiro atoms. The number of anilines is 1. The third-order valence-corrected chi connectivity index (χ3v) is 3.53. The summed E-state index contributed by atoms with van der Waals surface area (Å²) >= 11 is 0. The van der Waals surface area contributed by atoms with Gasteiger partial charge in [0.15, 0.2) is 0 Å². The second kappa shape index (κ2) is 6.42. The lowest BCUT2D eigenvalue weighted by molar-refractivity contribution is 0.0939. The SMILES string of the molecule is CCCCC(C)NC(=O)c1cc2ccccc2cc1N. The van der Waals surface area contributed by atoms with Crippen LogP contribution >= 0.6 is 0 Å². The number of hydrogen-bond donors (Lipinski definition) is 2. The number of fused-ring (bicyclic) bond motifs is 1. The molecule has 0 heterocycles. The Morgan fingerprint density at radius 3 is 2.55 bits per heavy atom. The number of amides is 1. The minimum atomic E-state index is -0.0862. The molecule has 2 aromatic rings. The lowest BCUT2D eigenvalue weighted by Crippen LogP contribution is -2.32. The van der Waals surface area contributed by atoms with Crippen LogP contribution in [0.2, 0.25) is 0 Å². The van der Waals surface area contributed by atoms with E-state index in [2.05, 4.69) is 12.2 Å². The lowest BCUT2D eigenvalue weighted by Gasteiger charge is -2.15. The van der Waals surface area contributed by atoms with Gasteiger partial charge >= 0.3 is 0 Å². The molecule has 3 N–H and O–H groups in total. The smallest absolute Gasteiger partial charge is 0.253 e. The number of hydrogen-bond acceptors (Lipinski definition) is 2. The first-order valence-electron chi connectivity index (χ1n) is 7.21. The molecule has 2 rings (SSSR count). The molecule has 0 bridgehead atoms. The summed E-state index contributed by atoms with van der Waals surface area (Å²) in [6.45, 7) is 4.18. The summed E-state index contributed by atoms with van der Waals surface area (Å²) in [4.78, 5) is 12.3. The summed E-state index contributed by atoms with van der Waals surface area (Å²) in [5, 5.41) is 5.11. The van der Waals surface area contributed by atoms with Crippen molar-refractivity contribution in [1.82, 2.24) is 5.32 Å². The number of carbonyl (C=O) groups is 1. The molecule has 0 aliphatic carbocycles. The van der Waals surface area contributed by atoms with E-state index in [0.717, 1.165) is 30.0 Å². The van der Waals surface area contributed by atoms with Crippen LogP contribution < -0.4 is 11.1 Å². The molecule has 20 heavy (non-hydrogen) atoms. The van der Waals surface area contributed by atoms with Crippen LogP contribution in [0.25, 0.3) is 10.8 Å². The number of unbranched alkanes of at least 4 members (excludes halogenated alkanes) is 1. The average molecular weight is 270 g/mol. The fourth-order valence-corrected chi connectivity index (χ4v) is 2.34. The van der Waals surface area contributed by atoms with Gasteiger partial charge in [0, 0.05) is 11.7 Å². The number of carbonyl (C=O) groups excluding carboxylic acids is 1. The fraction of sp³-hybridized carbons (Fsp3) is 0.353. The Balaban J connectivity index is 2.19. The van der Waals surface area contributed by atoms with E-state index in [9.17, 15) is 4.79 Å². The fourth-order valence-electron chi connectivity index (χ4n) is 2.34. The van der Waals surface area contributed by atoms with Gasteiger partial charge in [0.05, 0.1) is 5.56 Å². The largest absolute Gasteiger partial charge is 0.398 e. The Bertz CT molecular complexity index is 607. The van der Waals surface area contributed by atoms with Gasteiger partial charge in [-0.1, -0.05) is 44.0 Å². The monoisotopic (exact) mass is 270 g/mol. The van der Waals surface area contributed by atoms with Gasteiger partial charge in [-0.05, 0) is 36.2 Å². The van der Waals surface area contributed by atoms with Crippen molar-refractivity contribution in [3.8, 4) is 0 Å². The van der Waals surface area contributed by atoms with Crippen molar-refractivity contribution in [1.29, 1.82) is 0 Å². The Morgan fingerprint density at radius 1 is 1.25 bits per heavy atom. The highest BCUT2D eigenvalue weighted by atomic mass is 16.1. The average Bonchev–Trinajstić information content (AvgIpc) is 2.44. The molecule has 3 heteroatoms. The minimum Gasteiger partial charge on any atom is -0.398 e. The van der Waals surface area contributed by atoms with E-state index in [0.29, 0.717) is 11.3 Å². The number of nitrogen functional groups attached to an aromatic ring is 1. The molecule has 2 aromatic carbocycles. The zero-order chi connectivity index (χ0) is 14.5. The standard InChI is InChI=1S/C17H22N2O/c1-3-4-7-12(2)19-17(20)15-10-13-8-5-6-9-14(13)11-16(15)18/h5-6,8-12H,3-4,7,18H2,1-2H3,(H,19,20). The van der Waals surface area contributed by atoms with Gasteiger partial charge in [0.2, 0.25) is 0 Å². The summed E-state index contributed by atoms with van der Waals surface area (Å²) < 4.78 is 0. The van der Waals surface area contributed by atoms with Crippen LogP contribution in [-0.2, 0) is 0 Å². The van der Waals surface area contributed by atoms with Gasteiger partial charge in [-0.2, -0.15) is 0 Å². The molecule has 1 unspecified atom stereocenters. The molecule has 1 amide bonds. The summed E-state index contributed by atoms with van der Waals surface area (Å²) in [7, 11) is 0. The molecule has 106 valence electrons. The summed E-state index contributed by atoms with van der Waals surface area (Å²) in [6, 6.07) is 11.8. The predicted octanol–water partition coefficient (Wildman–Crippen LogP) is 3.73. The molecule has 0 fully saturated rings. The van der Waals surface area contributed by atoms with Crippen LogP contribution in [0.1, 0.15) is 43.5 Å². The summed E-state index contributed by atoms with van der Waals surface area (Å²) in [5.41, 5.74) is 7.10. The van der Waals surface area contributed by atoms with Crippen LogP contribution in [0.4, 0.5) is 5.69 Å². The topological polar surface area (TPSA) is 55.1 Å². The third kappa shape index (κ3) is 3.29. The Labute approximate surface area is 120 Å². The van der Waals surface area contributed by atoms with Crippen molar-refractivity contribution < 1.29 is 4.79 Å². The van der Waals surface area contributed by atoms with E-state index in [1.54, 1.807) is 0 Å². The van der Waals surface area contributed by atoms with Gasteiger partial charge < -0.3 is 11.1 Å². The van der Waals surface area contributed by atoms with Crippen LogP contribution in [0.5, 0.6) is 0 Å². The van der Waals surface area contributed by atoms with E-state index in [4.69, 9.17) is 5.73 Å². The van der Waals surface area contributed by atoms with E-state index in [1.807, 2.05) is 43.3 Å². The molecule has 0 radical (unpaired) electrons. The van der Waals surface area contributed by atoms with Crippen molar-refractivity contribution >= 4 is 22.4 Å². The van der Waals surface area contributed by atoms with E-state index in [-0.39, 0.29) is 11.9 Å². The molecule has 3 nitrogen and oxygen atoms in total. The quantitative estimate of drug-likeness (QED) is 0.813. The molecule has 0 saturated carbocycles. The van der Waals surface area contributed by atoms with Gasteiger partial charge in [0.1, 0.15) is 0 Å². The second-order valence-corrected chi connectivity index (χ2v) is 5.30. The van der Waals surface area contributed by atoms with Gasteiger partial charge in [-0.25, -0.2) is 0 Å². The molecular formula is C17H22N2O. The van der Waals surface area contributed by atoms with Crippen LogP contribution in [0.15, 0.2) is 36.4 Å². The normalized spacial score (nSPS) is 12.3. The number of rotatable bonds is 5. The Morgan fingerprint density at radius 2 is 1.90 bits per heavy atom. The van der Waals surface area contributed by atoms with E-state index < -0.39 is 0 Å². The first kappa shape index (κ1) is 14.4. The van der Waals surface area contributed by atoms with Crippen molar-refractivity contribution in [3.63, 3.8) is 0 Å². The van der Waals surface area contributed by atoms with Crippen molar-refractivity contribution in [3.05, 3.63) is 42.0 Å². The van der Waals surface area contributed by atoms with Crippen LogP contribution in [0, 0.1) is 0 Å². The third-order valence-electron chi connectivity index (χ3n) is 3.53. The maximum atomic E-state index is 12.3. The second-order valence-electron chi connectivity index (χ2n) is 5.30. The first-order valence-corrected chi connectivity index (χ1v) is 7.21. The molecule has 1 atom stereocenters. The van der Waals surface area contributed by atoms with Crippen molar-refractivity contribution in [2.75, 3.05) is 5.73 Å². The highest BCUT2D eigenvalue weighted by molar-refractivity contribution is 6.04. The van der Waals surface area contributed by atoms with Crippen molar-refractivity contribution in [2.45, 2.75) is 39.2 Å². The van der Waals surface area contributed by atoms with E-state index >= 15 is 0 Å². The van der Waals surface area contributed by atoms with Gasteiger partial charge in [-0.15, -0.1) is 0 Å². The Hall–Kier alpha value is -2.03. The Kier molecular flexibility index (Phi) is 4.61.